The van der Waals surface area contributed by atoms with Crippen LogP contribution in [0, 0.1) is 25.7 Å². The van der Waals surface area contributed by atoms with E-state index in [1.54, 1.807) is 6.92 Å². The highest BCUT2D eigenvalue weighted by Crippen LogP contribution is 2.32. The van der Waals surface area contributed by atoms with Crippen LogP contribution in [-0.2, 0) is 16.0 Å². The number of hydrogen-bond acceptors (Lipinski definition) is 6. The number of aliphatic imine (C=N–C) groups is 2. The molecule has 0 bridgehead atoms. The monoisotopic (exact) mass is 403 g/mol. The van der Waals surface area contributed by atoms with Crippen LogP contribution in [0.4, 0.5) is 4.39 Å². The average Bonchev–Trinajstić information content (AvgIpc) is 3.36. The summed E-state index contributed by atoms with van der Waals surface area (Å²) in [6.45, 7) is 8.29. The summed E-state index contributed by atoms with van der Waals surface area (Å²) >= 11 is 0. The third kappa shape index (κ3) is 3.70. The number of fused-ring (bicyclic) bond motifs is 1. The number of carbonyl (C=O) groups excluding carboxylic acids is 2. The van der Waals surface area contributed by atoms with Crippen molar-refractivity contribution >= 4 is 23.5 Å². The zero-order valence-corrected chi connectivity index (χ0v) is 17.0. The second kappa shape index (κ2) is 7.68. The van der Waals surface area contributed by atoms with E-state index in [-0.39, 0.29) is 11.6 Å². The lowest BCUT2D eigenvalue weighted by molar-refractivity contribution is -0.130. The third-order valence-electron chi connectivity index (χ3n) is 6.22. The van der Waals surface area contributed by atoms with E-state index in [4.69, 9.17) is 4.52 Å². The number of aryl methyl sites for hydroxylation is 2. The minimum atomic E-state index is -1.71. The first kappa shape index (κ1) is 19.7. The van der Waals surface area contributed by atoms with Crippen molar-refractivity contribution in [3.63, 3.8) is 0 Å². The van der Waals surface area contributed by atoms with Gasteiger partial charge in [0, 0.05) is 50.0 Å². The zero-order chi connectivity index (χ0) is 20.7. The number of aromatic nitrogens is 1. The molecule has 29 heavy (non-hydrogen) atoms. The van der Waals surface area contributed by atoms with Crippen LogP contribution in [0.5, 0.6) is 0 Å². The van der Waals surface area contributed by atoms with Gasteiger partial charge in [-0.1, -0.05) is 12.1 Å². The number of carbonyl (C=O) groups is 2. The minimum absolute atomic E-state index is 0.141. The molecule has 8 nitrogen and oxygen atoms in total. The molecule has 3 atom stereocenters. The molecule has 0 aliphatic carbocycles. The Kier molecular flexibility index (Phi) is 5.23. The van der Waals surface area contributed by atoms with Gasteiger partial charge in [-0.3, -0.25) is 9.59 Å². The summed E-state index contributed by atoms with van der Waals surface area (Å²) in [5.41, 5.74) is 2.10. The van der Waals surface area contributed by atoms with E-state index in [1.165, 1.54) is 0 Å². The second-order valence-electron chi connectivity index (χ2n) is 8.10. The maximum absolute atomic E-state index is 13.8. The van der Waals surface area contributed by atoms with Crippen LogP contribution < -0.4 is 0 Å². The van der Waals surface area contributed by atoms with E-state index >= 15 is 0 Å². The van der Waals surface area contributed by atoms with Crippen molar-refractivity contribution in [3.8, 4) is 0 Å². The van der Waals surface area contributed by atoms with E-state index in [9.17, 15) is 14.0 Å². The first-order valence-corrected chi connectivity index (χ1v) is 10.2. The highest BCUT2D eigenvalue weighted by molar-refractivity contribution is 6.17. The van der Waals surface area contributed by atoms with Gasteiger partial charge in [-0.2, -0.15) is 4.99 Å². The van der Waals surface area contributed by atoms with Crippen molar-refractivity contribution < 1.29 is 18.5 Å². The number of amides is 2. The second-order valence-corrected chi connectivity index (χ2v) is 8.10. The number of nitrogens with zero attached hydrogens (tertiary/aromatic N) is 5. The van der Waals surface area contributed by atoms with Gasteiger partial charge < -0.3 is 14.3 Å². The topological polar surface area (TPSA) is 91.4 Å². The van der Waals surface area contributed by atoms with E-state index in [0.717, 1.165) is 17.0 Å². The fourth-order valence-corrected chi connectivity index (χ4v) is 4.52. The molecule has 3 aliphatic rings. The number of likely N-dealkylation sites (tertiary alicyclic amines) is 2. The summed E-state index contributed by atoms with van der Waals surface area (Å²) in [5, 5.41) is 3.94. The summed E-state index contributed by atoms with van der Waals surface area (Å²) in [5.74, 6) is 1.11. The molecule has 0 N–H and O–H groups in total. The lowest BCUT2D eigenvalue weighted by Gasteiger charge is -2.24. The molecule has 2 saturated heterocycles. The normalized spacial score (nSPS) is 26.6. The van der Waals surface area contributed by atoms with E-state index < -0.39 is 12.1 Å². The van der Waals surface area contributed by atoms with E-state index in [2.05, 4.69) is 15.1 Å². The smallest absolute Gasteiger partial charge is 0.289 e. The van der Waals surface area contributed by atoms with Crippen molar-refractivity contribution in [2.45, 2.75) is 46.2 Å². The van der Waals surface area contributed by atoms with E-state index in [1.807, 2.05) is 23.6 Å². The average molecular weight is 403 g/mol. The molecule has 0 aromatic carbocycles. The summed E-state index contributed by atoms with van der Waals surface area (Å²) in [4.78, 5) is 36.5. The Labute approximate surface area is 168 Å². The van der Waals surface area contributed by atoms with Crippen LogP contribution in [0.1, 0.15) is 36.8 Å². The summed E-state index contributed by atoms with van der Waals surface area (Å²) < 4.78 is 19.0. The van der Waals surface area contributed by atoms with Gasteiger partial charge in [-0.05, 0) is 26.7 Å². The van der Waals surface area contributed by atoms with Gasteiger partial charge in [0.25, 0.3) is 5.91 Å². The Morgan fingerprint density at radius 1 is 1.17 bits per heavy atom. The number of halogens is 1. The lowest BCUT2D eigenvalue weighted by Crippen LogP contribution is -2.39. The molecule has 0 radical (unpaired) electrons. The molecule has 0 spiro atoms. The predicted molar refractivity (Wildman–Crippen MR) is 104 cm³/mol. The van der Waals surface area contributed by atoms with Crippen molar-refractivity contribution in [2.24, 2.45) is 21.8 Å². The van der Waals surface area contributed by atoms with Gasteiger partial charge in [-0.15, -0.1) is 0 Å². The minimum Gasteiger partial charge on any atom is -0.361 e. The molecule has 156 valence electrons. The number of rotatable bonds is 4. The predicted octanol–water partition coefficient (Wildman–Crippen LogP) is 1.70. The van der Waals surface area contributed by atoms with Crippen LogP contribution in [0.25, 0.3) is 0 Å². The number of alkyl halides is 1. The van der Waals surface area contributed by atoms with E-state index in [0.29, 0.717) is 63.2 Å². The molecule has 3 unspecified atom stereocenters. The maximum atomic E-state index is 13.8. The Bertz CT molecular complexity index is 859. The Hall–Kier alpha value is -2.58. The van der Waals surface area contributed by atoms with Gasteiger partial charge >= 0.3 is 0 Å². The van der Waals surface area contributed by atoms with Crippen molar-refractivity contribution in [3.05, 3.63) is 17.0 Å². The molecule has 1 aromatic rings. The highest BCUT2D eigenvalue weighted by atomic mass is 19.1. The molecule has 4 heterocycles. The molecule has 2 amide bonds. The highest BCUT2D eigenvalue weighted by Gasteiger charge is 2.43. The van der Waals surface area contributed by atoms with Crippen LogP contribution in [0.3, 0.4) is 0 Å². The largest absolute Gasteiger partial charge is 0.361 e. The third-order valence-corrected chi connectivity index (χ3v) is 6.22. The fraction of sp³-hybridized carbons (Fsp3) is 0.650. The number of hydrogen-bond donors (Lipinski definition) is 0. The molecule has 1 aromatic heterocycles. The molecular weight excluding hydrogens is 377 g/mol. The van der Waals surface area contributed by atoms with Crippen LogP contribution in [0.15, 0.2) is 14.5 Å². The van der Waals surface area contributed by atoms with Crippen LogP contribution in [-0.4, -0.2) is 70.8 Å². The first-order valence-electron chi connectivity index (χ1n) is 10.2. The molecule has 9 heteroatoms. The fourth-order valence-electron chi connectivity index (χ4n) is 4.52. The van der Waals surface area contributed by atoms with Crippen LogP contribution in [0.2, 0.25) is 0 Å². The maximum Gasteiger partial charge on any atom is 0.289 e. The van der Waals surface area contributed by atoms with Gasteiger partial charge in [0.1, 0.15) is 5.76 Å². The van der Waals surface area contributed by atoms with Crippen molar-refractivity contribution in [2.75, 3.05) is 26.2 Å². The zero-order valence-electron chi connectivity index (χ0n) is 17.0. The molecule has 0 saturated carbocycles. The lowest BCUT2D eigenvalue weighted by atomic mass is 10.0. The number of guanidine groups is 1. The molecule has 2 fully saturated rings. The summed E-state index contributed by atoms with van der Waals surface area (Å²) in [6.07, 6.45) is -0.248. The Morgan fingerprint density at radius 2 is 1.86 bits per heavy atom. The quantitative estimate of drug-likeness (QED) is 0.763. The Morgan fingerprint density at radius 3 is 2.45 bits per heavy atom. The van der Waals surface area contributed by atoms with Gasteiger partial charge in [-0.25, -0.2) is 9.38 Å². The first-order chi connectivity index (χ1) is 13.9. The standard InChI is InChI=1S/C20H26FN5O3/c1-4-16-18(21)19(28)23-20(22-16)26-9-13-7-25(8-14(13)10-26)17(27)6-5-15-11(2)24-29-12(15)3/h13-14,18H,4-10H2,1-3H3. The summed E-state index contributed by atoms with van der Waals surface area (Å²) in [6, 6.07) is 0. The van der Waals surface area contributed by atoms with Gasteiger partial charge in [0.2, 0.25) is 18.0 Å². The Balaban J connectivity index is 1.33. The van der Waals surface area contributed by atoms with Crippen molar-refractivity contribution in [1.29, 1.82) is 0 Å². The SMILES string of the molecule is CCC1=NC(N2CC3CN(C(=O)CCc4c(C)noc4C)CC3C2)=NC(=O)C1F. The van der Waals surface area contributed by atoms with Gasteiger partial charge in [0.15, 0.2) is 0 Å². The summed E-state index contributed by atoms with van der Waals surface area (Å²) in [7, 11) is 0. The van der Waals surface area contributed by atoms with Gasteiger partial charge in [0.05, 0.1) is 11.4 Å². The molecule has 3 aliphatic heterocycles. The van der Waals surface area contributed by atoms with Crippen molar-refractivity contribution in [1.82, 2.24) is 15.0 Å². The molecule has 4 rings (SSSR count). The van der Waals surface area contributed by atoms with Crippen LogP contribution >= 0.6 is 0 Å². The molecular formula is C20H26FN5O3.